The van der Waals surface area contributed by atoms with Crippen molar-refractivity contribution in [3.8, 4) is 0 Å². The van der Waals surface area contributed by atoms with E-state index in [1.54, 1.807) is 6.92 Å². The predicted molar refractivity (Wildman–Crippen MR) is 73.2 cm³/mol. The van der Waals surface area contributed by atoms with Crippen molar-refractivity contribution in [2.45, 2.75) is 44.6 Å². The van der Waals surface area contributed by atoms with E-state index in [-0.39, 0.29) is 12.2 Å². The fourth-order valence-electron chi connectivity index (χ4n) is 3.31. The fraction of sp³-hybridized carbons (Fsp3) is 0.818. The van der Waals surface area contributed by atoms with Crippen molar-refractivity contribution < 1.29 is 16.8 Å². The van der Waals surface area contributed by atoms with E-state index in [9.17, 15) is 16.8 Å². The summed E-state index contributed by atoms with van der Waals surface area (Å²) >= 11 is 0. The van der Waals surface area contributed by atoms with E-state index in [0.717, 1.165) is 25.5 Å². The summed E-state index contributed by atoms with van der Waals surface area (Å²) < 4.78 is 49.2. The molecule has 0 unspecified atom stereocenters. The minimum absolute atomic E-state index is 0.0246. The molecule has 0 saturated heterocycles. The van der Waals surface area contributed by atoms with Crippen LogP contribution < -0.4 is 5.73 Å². The molecule has 0 atom stereocenters. The van der Waals surface area contributed by atoms with Gasteiger partial charge in [0.2, 0.25) is 0 Å². The molecule has 1 saturated carbocycles. The van der Waals surface area contributed by atoms with Crippen LogP contribution in [-0.2, 0) is 19.9 Å². The van der Waals surface area contributed by atoms with Gasteiger partial charge in [0.15, 0.2) is 14.1 Å². The summed E-state index contributed by atoms with van der Waals surface area (Å²) in [5, 5.41) is 0. The lowest BCUT2D eigenvalue weighted by atomic mass is 9.79. The first kappa shape index (κ1) is 14.8. The van der Waals surface area contributed by atoms with Crippen LogP contribution >= 0.6 is 0 Å². The highest BCUT2D eigenvalue weighted by Crippen LogP contribution is 2.47. The zero-order chi connectivity index (χ0) is 14.5. The maximum Gasteiger partial charge on any atom is 0.256 e. The van der Waals surface area contributed by atoms with E-state index in [0.29, 0.717) is 12.8 Å². The molecule has 1 heterocycles. The molecule has 0 aromatic heterocycles. The molecule has 1 aliphatic carbocycles. The van der Waals surface area contributed by atoms with Gasteiger partial charge in [0, 0.05) is 12.8 Å². The number of sulfone groups is 1. The van der Waals surface area contributed by atoms with E-state index in [1.807, 2.05) is 0 Å². The van der Waals surface area contributed by atoms with Gasteiger partial charge in [-0.05, 0) is 12.8 Å². The van der Waals surface area contributed by atoms with Crippen LogP contribution in [0.2, 0.25) is 0 Å². The highest BCUT2D eigenvalue weighted by atomic mass is 32.3. The van der Waals surface area contributed by atoms with Gasteiger partial charge in [0.25, 0.3) is 10.0 Å². The largest absolute Gasteiger partial charge is 0.399 e. The lowest BCUT2D eigenvalue weighted by Gasteiger charge is -2.40. The summed E-state index contributed by atoms with van der Waals surface area (Å²) in [7, 11) is -7.85. The van der Waals surface area contributed by atoms with Crippen molar-refractivity contribution in [1.29, 1.82) is 0 Å². The molecular weight excluding hydrogens is 288 g/mol. The van der Waals surface area contributed by atoms with Gasteiger partial charge in [-0.25, -0.2) is 16.8 Å². The van der Waals surface area contributed by atoms with E-state index in [2.05, 4.69) is 0 Å². The quantitative estimate of drug-likeness (QED) is 0.802. The van der Waals surface area contributed by atoms with Gasteiger partial charge >= 0.3 is 0 Å². The van der Waals surface area contributed by atoms with Crippen LogP contribution in [0.25, 0.3) is 0 Å². The molecule has 2 rings (SSSR count). The van der Waals surface area contributed by atoms with Gasteiger partial charge in [-0.2, -0.15) is 4.31 Å². The Hall–Kier alpha value is -0.600. The third-order valence-corrected chi connectivity index (χ3v) is 8.34. The number of hydrogen-bond donors (Lipinski definition) is 1. The minimum atomic E-state index is -3.99. The molecule has 8 heteroatoms. The normalized spacial score (nSPS) is 27.1. The summed E-state index contributed by atoms with van der Waals surface area (Å²) in [6.45, 7) is 1.95. The molecular formula is C11H20N2O4S2. The molecule has 110 valence electrons. The molecule has 2 aliphatic rings. The molecule has 1 fully saturated rings. The first-order valence-electron chi connectivity index (χ1n) is 6.41. The van der Waals surface area contributed by atoms with Gasteiger partial charge < -0.3 is 5.73 Å². The number of rotatable bonds is 2. The van der Waals surface area contributed by atoms with Crippen molar-refractivity contribution in [2.75, 3.05) is 12.8 Å². The van der Waals surface area contributed by atoms with Gasteiger partial charge in [0.1, 0.15) is 0 Å². The SMILES string of the molecule is CCN1C2(CCCCC2)C(N)=C(S(C)(=O)=O)S1(=O)=O. The number of likely N-dealkylation sites (N-methyl/N-ethyl adjacent to an activating group) is 1. The number of sulfonamides is 1. The van der Waals surface area contributed by atoms with Gasteiger partial charge in [0.05, 0.1) is 11.2 Å². The Morgan fingerprint density at radius 3 is 2.21 bits per heavy atom. The molecule has 1 spiro atoms. The fourth-order valence-corrected chi connectivity index (χ4v) is 7.45. The first-order chi connectivity index (χ1) is 8.68. The average Bonchev–Trinajstić information content (AvgIpc) is 2.43. The molecule has 0 amide bonds. The van der Waals surface area contributed by atoms with Gasteiger partial charge in [-0.15, -0.1) is 0 Å². The molecule has 19 heavy (non-hydrogen) atoms. The van der Waals surface area contributed by atoms with Crippen LogP contribution in [-0.4, -0.2) is 39.5 Å². The maximum atomic E-state index is 12.5. The highest BCUT2D eigenvalue weighted by Gasteiger charge is 2.56. The van der Waals surface area contributed by atoms with E-state index < -0.39 is 29.6 Å². The predicted octanol–water partition coefficient (Wildman–Crippen LogP) is 0.527. The molecule has 0 bridgehead atoms. The zero-order valence-electron chi connectivity index (χ0n) is 11.2. The van der Waals surface area contributed by atoms with Crippen molar-refractivity contribution in [1.82, 2.24) is 4.31 Å². The third kappa shape index (κ3) is 2.00. The molecule has 0 radical (unpaired) electrons. The molecule has 0 aromatic carbocycles. The molecule has 1 aliphatic heterocycles. The monoisotopic (exact) mass is 308 g/mol. The van der Waals surface area contributed by atoms with Crippen molar-refractivity contribution >= 4 is 19.9 Å². The molecule has 6 nitrogen and oxygen atoms in total. The van der Waals surface area contributed by atoms with Crippen LogP contribution in [0.15, 0.2) is 9.93 Å². The average molecular weight is 308 g/mol. The Morgan fingerprint density at radius 2 is 1.79 bits per heavy atom. The standard InChI is InChI=1S/C11H20N2O4S2/c1-3-13-11(7-5-4-6-8-11)9(12)10(18(2,14)15)19(13,16)17/h3-8,12H2,1-2H3. The molecule has 0 aromatic rings. The second-order valence-electron chi connectivity index (χ2n) is 5.24. The van der Waals surface area contributed by atoms with Crippen LogP contribution in [0.1, 0.15) is 39.0 Å². The second-order valence-corrected chi connectivity index (χ2v) is 9.25. The van der Waals surface area contributed by atoms with E-state index in [4.69, 9.17) is 5.73 Å². The van der Waals surface area contributed by atoms with Gasteiger partial charge in [-0.3, -0.25) is 0 Å². The van der Waals surface area contributed by atoms with Gasteiger partial charge in [-0.1, -0.05) is 26.2 Å². The van der Waals surface area contributed by atoms with Crippen LogP contribution in [0, 0.1) is 0 Å². The Morgan fingerprint density at radius 1 is 1.26 bits per heavy atom. The smallest absolute Gasteiger partial charge is 0.256 e. The Labute approximate surface area is 114 Å². The Bertz CT molecular complexity index is 613. The lowest BCUT2D eigenvalue weighted by Crippen LogP contribution is -2.50. The number of nitrogens with two attached hydrogens (primary N) is 1. The van der Waals surface area contributed by atoms with Crippen molar-refractivity contribution in [2.24, 2.45) is 5.73 Å². The second kappa shape index (κ2) is 4.46. The topological polar surface area (TPSA) is 97.5 Å². The summed E-state index contributed by atoms with van der Waals surface area (Å²) in [5.41, 5.74) is 5.21. The highest BCUT2D eigenvalue weighted by molar-refractivity contribution is 8.13. The molecule has 2 N–H and O–H groups in total. The van der Waals surface area contributed by atoms with E-state index in [1.165, 1.54) is 4.31 Å². The Kier molecular flexibility index (Phi) is 3.47. The van der Waals surface area contributed by atoms with Crippen molar-refractivity contribution in [3.05, 3.63) is 9.93 Å². The number of hydrogen-bond acceptors (Lipinski definition) is 5. The van der Waals surface area contributed by atoms with Crippen molar-refractivity contribution in [3.63, 3.8) is 0 Å². The van der Waals surface area contributed by atoms with Crippen LogP contribution in [0.5, 0.6) is 0 Å². The Balaban J connectivity index is 2.72. The minimum Gasteiger partial charge on any atom is -0.399 e. The summed E-state index contributed by atoms with van der Waals surface area (Å²) in [6.07, 6.45) is 4.87. The third-order valence-electron chi connectivity index (χ3n) is 4.03. The summed E-state index contributed by atoms with van der Waals surface area (Å²) in [4.78, 5) is 0. The van der Waals surface area contributed by atoms with Crippen LogP contribution in [0.4, 0.5) is 0 Å². The lowest BCUT2D eigenvalue weighted by molar-refractivity contribution is 0.179. The number of nitrogens with zero attached hydrogens (tertiary/aromatic N) is 1. The van der Waals surface area contributed by atoms with E-state index >= 15 is 0 Å². The summed E-state index contributed by atoms with van der Waals surface area (Å²) in [5.74, 6) is 0. The zero-order valence-corrected chi connectivity index (χ0v) is 12.8. The summed E-state index contributed by atoms with van der Waals surface area (Å²) in [6, 6.07) is 0. The first-order valence-corrected chi connectivity index (χ1v) is 9.74. The van der Waals surface area contributed by atoms with Crippen LogP contribution in [0.3, 0.4) is 0 Å². The maximum absolute atomic E-state index is 12.5.